The summed E-state index contributed by atoms with van der Waals surface area (Å²) in [5.41, 5.74) is 3.00. The molecular formula is C15H19FN4. The molecule has 106 valence electrons. The van der Waals surface area contributed by atoms with Crippen LogP contribution in [-0.4, -0.2) is 21.5 Å². The van der Waals surface area contributed by atoms with Crippen LogP contribution in [0, 0.1) is 26.6 Å². The first-order chi connectivity index (χ1) is 9.51. The van der Waals surface area contributed by atoms with E-state index in [2.05, 4.69) is 20.3 Å². The average molecular weight is 274 g/mol. The van der Waals surface area contributed by atoms with Gasteiger partial charge in [0.15, 0.2) is 17.5 Å². The number of hydrogen-bond donors (Lipinski definition) is 1. The lowest BCUT2D eigenvalue weighted by atomic mass is 10.2. The molecule has 1 N–H and O–H groups in total. The quantitative estimate of drug-likeness (QED) is 0.928. The third-order valence-electron chi connectivity index (χ3n) is 2.90. The van der Waals surface area contributed by atoms with Gasteiger partial charge in [-0.15, -0.1) is 0 Å². The Morgan fingerprint density at radius 3 is 2.30 bits per heavy atom. The van der Waals surface area contributed by atoms with E-state index in [0.29, 0.717) is 18.1 Å². The molecule has 4 nitrogen and oxygen atoms in total. The molecule has 5 heteroatoms. The van der Waals surface area contributed by atoms with Crippen molar-refractivity contribution in [2.45, 2.75) is 34.1 Å². The zero-order valence-electron chi connectivity index (χ0n) is 12.3. The van der Waals surface area contributed by atoms with Gasteiger partial charge in [0, 0.05) is 23.5 Å². The molecule has 2 aromatic heterocycles. The van der Waals surface area contributed by atoms with E-state index < -0.39 is 0 Å². The summed E-state index contributed by atoms with van der Waals surface area (Å²) >= 11 is 0. The lowest BCUT2D eigenvalue weighted by Gasteiger charge is -2.10. The van der Waals surface area contributed by atoms with Gasteiger partial charge in [-0.25, -0.2) is 14.4 Å². The second kappa shape index (κ2) is 5.94. The predicted octanol–water partition coefficient (Wildman–Crippen LogP) is 3.42. The molecule has 0 bridgehead atoms. The number of nitrogens with zero attached hydrogens (tertiary/aromatic N) is 3. The van der Waals surface area contributed by atoms with Gasteiger partial charge in [0.05, 0.1) is 5.69 Å². The molecule has 0 saturated heterocycles. The maximum atomic E-state index is 14.0. The van der Waals surface area contributed by atoms with Crippen LogP contribution in [0.15, 0.2) is 12.1 Å². The Labute approximate surface area is 118 Å². The number of hydrogen-bond acceptors (Lipinski definition) is 4. The van der Waals surface area contributed by atoms with E-state index >= 15 is 0 Å². The Bertz CT molecular complexity index is 605. The van der Waals surface area contributed by atoms with Crippen molar-refractivity contribution in [3.63, 3.8) is 0 Å². The van der Waals surface area contributed by atoms with E-state index in [1.807, 2.05) is 32.9 Å². The van der Waals surface area contributed by atoms with Crippen molar-refractivity contribution < 1.29 is 4.39 Å². The van der Waals surface area contributed by atoms with Gasteiger partial charge in [-0.2, -0.15) is 0 Å². The predicted molar refractivity (Wildman–Crippen MR) is 78.2 cm³/mol. The standard InChI is InChI=1S/C15H19FN4/c1-5-6-17-15-13(16)11(4)19-14(20-15)12-7-9(2)18-10(3)8-12/h7-8H,5-6H2,1-4H3,(H,17,19,20). The largest absolute Gasteiger partial charge is 0.368 e. The van der Waals surface area contributed by atoms with E-state index in [1.165, 1.54) is 0 Å². The first-order valence-electron chi connectivity index (χ1n) is 6.75. The summed E-state index contributed by atoms with van der Waals surface area (Å²) in [6.07, 6.45) is 0.908. The minimum absolute atomic E-state index is 0.265. The highest BCUT2D eigenvalue weighted by Crippen LogP contribution is 2.22. The minimum atomic E-state index is -0.385. The van der Waals surface area contributed by atoms with Gasteiger partial charge in [-0.3, -0.25) is 4.98 Å². The number of aromatic nitrogens is 3. The Morgan fingerprint density at radius 2 is 1.70 bits per heavy atom. The summed E-state index contributed by atoms with van der Waals surface area (Å²) in [5, 5.41) is 3.00. The summed E-state index contributed by atoms with van der Waals surface area (Å²) < 4.78 is 14.0. The van der Waals surface area contributed by atoms with Crippen LogP contribution in [0.1, 0.15) is 30.4 Å². The third kappa shape index (κ3) is 3.10. The Hall–Kier alpha value is -2.04. The molecule has 0 aliphatic carbocycles. The monoisotopic (exact) mass is 274 g/mol. The van der Waals surface area contributed by atoms with Crippen LogP contribution >= 0.6 is 0 Å². The summed E-state index contributed by atoms with van der Waals surface area (Å²) in [4.78, 5) is 12.9. The molecule has 0 aliphatic rings. The molecule has 0 aliphatic heterocycles. The fourth-order valence-corrected chi connectivity index (χ4v) is 2.01. The van der Waals surface area contributed by atoms with Gasteiger partial charge in [-0.05, 0) is 39.3 Å². The number of nitrogens with one attached hydrogen (secondary N) is 1. The summed E-state index contributed by atoms with van der Waals surface area (Å²) in [5.74, 6) is 0.405. The van der Waals surface area contributed by atoms with Gasteiger partial charge >= 0.3 is 0 Å². The van der Waals surface area contributed by atoms with Gasteiger partial charge < -0.3 is 5.32 Å². The molecule has 0 amide bonds. The number of rotatable bonds is 4. The fourth-order valence-electron chi connectivity index (χ4n) is 2.01. The smallest absolute Gasteiger partial charge is 0.186 e. The average Bonchev–Trinajstić information content (AvgIpc) is 2.39. The number of halogens is 1. The van der Waals surface area contributed by atoms with Gasteiger partial charge in [0.2, 0.25) is 0 Å². The van der Waals surface area contributed by atoms with Crippen molar-refractivity contribution in [2.75, 3.05) is 11.9 Å². The highest BCUT2D eigenvalue weighted by molar-refractivity contribution is 5.58. The Morgan fingerprint density at radius 1 is 1.05 bits per heavy atom. The van der Waals surface area contributed by atoms with Crippen LogP contribution in [0.2, 0.25) is 0 Å². The highest BCUT2D eigenvalue weighted by atomic mass is 19.1. The molecule has 2 heterocycles. The molecule has 0 fully saturated rings. The van der Waals surface area contributed by atoms with Crippen LogP contribution in [0.4, 0.5) is 10.2 Å². The van der Waals surface area contributed by atoms with E-state index in [0.717, 1.165) is 23.4 Å². The summed E-state index contributed by atoms with van der Waals surface area (Å²) in [6, 6.07) is 3.81. The van der Waals surface area contributed by atoms with Crippen molar-refractivity contribution in [3.05, 3.63) is 35.0 Å². The zero-order chi connectivity index (χ0) is 14.7. The van der Waals surface area contributed by atoms with E-state index in [9.17, 15) is 4.39 Å². The van der Waals surface area contributed by atoms with Gasteiger partial charge in [0.1, 0.15) is 0 Å². The minimum Gasteiger partial charge on any atom is -0.368 e. The topological polar surface area (TPSA) is 50.7 Å². The normalized spacial score (nSPS) is 10.7. The molecule has 0 unspecified atom stereocenters. The zero-order valence-corrected chi connectivity index (χ0v) is 12.3. The summed E-state index contributed by atoms with van der Waals surface area (Å²) in [6.45, 7) is 8.20. The van der Waals surface area contributed by atoms with Gasteiger partial charge in [-0.1, -0.05) is 6.92 Å². The van der Waals surface area contributed by atoms with E-state index in [-0.39, 0.29) is 11.6 Å². The van der Waals surface area contributed by atoms with Crippen LogP contribution in [0.25, 0.3) is 11.4 Å². The Balaban J connectivity index is 2.48. The fraction of sp³-hybridized carbons (Fsp3) is 0.400. The van der Waals surface area contributed by atoms with Crippen molar-refractivity contribution in [3.8, 4) is 11.4 Å². The molecule has 20 heavy (non-hydrogen) atoms. The molecule has 0 atom stereocenters. The van der Waals surface area contributed by atoms with E-state index in [1.54, 1.807) is 6.92 Å². The highest BCUT2D eigenvalue weighted by Gasteiger charge is 2.13. The van der Waals surface area contributed by atoms with Crippen molar-refractivity contribution in [2.24, 2.45) is 0 Å². The van der Waals surface area contributed by atoms with Crippen molar-refractivity contribution in [1.82, 2.24) is 15.0 Å². The van der Waals surface area contributed by atoms with Crippen LogP contribution in [0.3, 0.4) is 0 Å². The first-order valence-corrected chi connectivity index (χ1v) is 6.75. The SMILES string of the molecule is CCCNc1nc(-c2cc(C)nc(C)c2)nc(C)c1F. The lowest BCUT2D eigenvalue weighted by Crippen LogP contribution is -2.08. The van der Waals surface area contributed by atoms with E-state index in [4.69, 9.17) is 0 Å². The molecular weight excluding hydrogens is 255 g/mol. The first kappa shape index (κ1) is 14.4. The van der Waals surface area contributed by atoms with Crippen molar-refractivity contribution >= 4 is 5.82 Å². The molecule has 0 aromatic carbocycles. The second-order valence-corrected chi connectivity index (χ2v) is 4.86. The van der Waals surface area contributed by atoms with Crippen LogP contribution in [-0.2, 0) is 0 Å². The molecule has 0 saturated carbocycles. The lowest BCUT2D eigenvalue weighted by molar-refractivity contribution is 0.605. The third-order valence-corrected chi connectivity index (χ3v) is 2.90. The van der Waals surface area contributed by atoms with Crippen molar-refractivity contribution in [1.29, 1.82) is 0 Å². The maximum absolute atomic E-state index is 14.0. The number of anilines is 1. The van der Waals surface area contributed by atoms with Gasteiger partial charge in [0.25, 0.3) is 0 Å². The maximum Gasteiger partial charge on any atom is 0.186 e. The summed E-state index contributed by atoms with van der Waals surface area (Å²) in [7, 11) is 0. The Kier molecular flexibility index (Phi) is 4.27. The molecule has 2 aromatic rings. The van der Waals surface area contributed by atoms with Crippen LogP contribution in [0.5, 0.6) is 0 Å². The van der Waals surface area contributed by atoms with Crippen LogP contribution < -0.4 is 5.32 Å². The second-order valence-electron chi connectivity index (χ2n) is 4.86. The molecule has 0 spiro atoms. The molecule has 2 rings (SSSR count). The molecule has 0 radical (unpaired) electrons. The number of aryl methyl sites for hydroxylation is 3. The number of pyridine rings is 1.